The normalized spacial score (nSPS) is 11.1. The van der Waals surface area contributed by atoms with E-state index in [4.69, 9.17) is 11.6 Å². The molecular formula is C23H18ClF4N5O. The third-order valence-corrected chi connectivity index (χ3v) is 5.79. The van der Waals surface area contributed by atoms with Gasteiger partial charge in [0.1, 0.15) is 0 Å². The molecule has 1 N–H and O–H groups in total. The van der Waals surface area contributed by atoms with Crippen molar-refractivity contribution in [1.82, 2.24) is 19.6 Å². The third-order valence-electron chi connectivity index (χ3n) is 5.25. The molecule has 0 spiro atoms. The molecule has 0 aliphatic heterocycles. The van der Waals surface area contributed by atoms with Crippen LogP contribution in [-0.2, 0) is 13.1 Å². The van der Waals surface area contributed by atoms with Crippen LogP contribution in [0.5, 0.6) is 0 Å². The molecule has 0 saturated carbocycles. The van der Waals surface area contributed by atoms with Crippen LogP contribution < -0.4 is 5.32 Å². The Morgan fingerprint density at radius 3 is 2.21 bits per heavy atom. The number of hydrogen-bond donors (Lipinski definition) is 1. The molecule has 0 aliphatic rings. The summed E-state index contributed by atoms with van der Waals surface area (Å²) < 4.78 is 57.4. The fourth-order valence-electron chi connectivity index (χ4n) is 3.39. The number of amides is 1. The molecule has 1 amide bonds. The zero-order valence-electron chi connectivity index (χ0n) is 18.0. The molecule has 11 heteroatoms. The molecule has 2 aromatic carbocycles. The Labute approximate surface area is 196 Å². The Balaban J connectivity index is 1.42. The van der Waals surface area contributed by atoms with E-state index < -0.39 is 41.3 Å². The van der Waals surface area contributed by atoms with E-state index >= 15 is 0 Å². The number of hydrogen-bond acceptors (Lipinski definition) is 3. The SMILES string of the molecule is Cc1nn(Cc2ccc(C(=O)Nc3ccn(Cc4c(F)c(F)cc(F)c4F)n3)cc2)c(C)c1Cl. The third kappa shape index (κ3) is 4.67. The molecule has 2 aromatic heterocycles. The summed E-state index contributed by atoms with van der Waals surface area (Å²) in [5.74, 6) is -6.35. The summed E-state index contributed by atoms with van der Waals surface area (Å²) >= 11 is 6.17. The largest absolute Gasteiger partial charge is 0.305 e. The summed E-state index contributed by atoms with van der Waals surface area (Å²) in [5.41, 5.74) is 2.04. The lowest BCUT2D eigenvalue weighted by Crippen LogP contribution is -2.14. The summed E-state index contributed by atoms with van der Waals surface area (Å²) in [6.07, 6.45) is 1.32. The Kier molecular flexibility index (Phi) is 6.43. The molecule has 34 heavy (non-hydrogen) atoms. The van der Waals surface area contributed by atoms with E-state index in [0.717, 1.165) is 21.6 Å². The van der Waals surface area contributed by atoms with Crippen molar-refractivity contribution in [3.63, 3.8) is 0 Å². The highest BCUT2D eigenvalue weighted by Gasteiger charge is 2.20. The molecule has 6 nitrogen and oxygen atoms in total. The second kappa shape index (κ2) is 9.30. The predicted molar refractivity (Wildman–Crippen MR) is 118 cm³/mol. The van der Waals surface area contributed by atoms with E-state index in [0.29, 0.717) is 17.1 Å². The maximum Gasteiger partial charge on any atom is 0.256 e. The van der Waals surface area contributed by atoms with Gasteiger partial charge < -0.3 is 5.32 Å². The first-order valence-electron chi connectivity index (χ1n) is 10.1. The molecule has 0 atom stereocenters. The molecule has 0 radical (unpaired) electrons. The van der Waals surface area contributed by atoms with Crippen LogP contribution >= 0.6 is 11.6 Å². The summed E-state index contributed by atoms with van der Waals surface area (Å²) in [6.45, 7) is 3.62. The van der Waals surface area contributed by atoms with Gasteiger partial charge in [-0.05, 0) is 31.5 Å². The summed E-state index contributed by atoms with van der Waals surface area (Å²) in [7, 11) is 0. The van der Waals surface area contributed by atoms with E-state index in [1.165, 1.54) is 12.3 Å². The van der Waals surface area contributed by atoms with Gasteiger partial charge in [-0.2, -0.15) is 10.2 Å². The molecule has 0 unspecified atom stereocenters. The first kappa shape index (κ1) is 23.5. The standard InChI is InChI=1S/C23H18ClF4N5O/c1-12-20(24)13(2)33(30-12)10-14-3-5-15(6-4-14)23(34)29-19-7-8-32(31-19)11-16-21(27)17(25)9-18(26)22(16)28/h3-9H,10-11H2,1-2H3,(H,29,31,34). The van der Waals surface area contributed by atoms with Crippen molar-refractivity contribution >= 4 is 23.3 Å². The van der Waals surface area contributed by atoms with Gasteiger partial charge in [-0.25, -0.2) is 17.6 Å². The van der Waals surface area contributed by atoms with Gasteiger partial charge in [-0.1, -0.05) is 23.7 Å². The number of carbonyl (C=O) groups excluding carboxylic acids is 1. The highest BCUT2D eigenvalue weighted by atomic mass is 35.5. The van der Waals surface area contributed by atoms with Crippen LogP contribution in [0.3, 0.4) is 0 Å². The number of anilines is 1. The lowest BCUT2D eigenvalue weighted by atomic mass is 10.1. The van der Waals surface area contributed by atoms with E-state index in [2.05, 4.69) is 15.5 Å². The van der Waals surface area contributed by atoms with Crippen LogP contribution in [0.4, 0.5) is 23.4 Å². The number of nitrogens with one attached hydrogen (secondary N) is 1. The number of halogens is 5. The van der Waals surface area contributed by atoms with E-state index in [-0.39, 0.29) is 11.9 Å². The summed E-state index contributed by atoms with van der Waals surface area (Å²) in [4.78, 5) is 12.5. The molecule has 4 rings (SSSR count). The van der Waals surface area contributed by atoms with Gasteiger partial charge in [0.05, 0.1) is 35.1 Å². The molecule has 176 valence electrons. The fourth-order valence-corrected chi connectivity index (χ4v) is 3.53. The van der Waals surface area contributed by atoms with Crippen LogP contribution in [0.1, 0.15) is 32.9 Å². The minimum Gasteiger partial charge on any atom is -0.305 e. The predicted octanol–water partition coefficient (Wildman–Crippen LogP) is 5.26. The highest BCUT2D eigenvalue weighted by Crippen LogP contribution is 2.21. The molecule has 0 saturated heterocycles. The van der Waals surface area contributed by atoms with Crippen molar-refractivity contribution in [1.29, 1.82) is 0 Å². The van der Waals surface area contributed by atoms with Gasteiger partial charge in [-0.3, -0.25) is 14.2 Å². The van der Waals surface area contributed by atoms with E-state index in [1.807, 2.05) is 13.8 Å². The molecule has 0 aliphatic carbocycles. The summed E-state index contributed by atoms with van der Waals surface area (Å²) in [5, 5.41) is 11.5. The lowest BCUT2D eigenvalue weighted by molar-refractivity contribution is 0.102. The monoisotopic (exact) mass is 491 g/mol. The number of benzene rings is 2. The van der Waals surface area contributed by atoms with Crippen LogP contribution in [0, 0.1) is 37.1 Å². The zero-order valence-corrected chi connectivity index (χ0v) is 18.8. The van der Waals surface area contributed by atoms with Crippen LogP contribution in [-0.4, -0.2) is 25.5 Å². The fraction of sp³-hybridized carbons (Fsp3) is 0.174. The van der Waals surface area contributed by atoms with Gasteiger partial charge in [-0.15, -0.1) is 0 Å². The van der Waals surface area contributed by atoms with Gasteiger partial charge in [0, 0.05) is 23.9 Å². The molecule has 0 fully saturated rings. The van der Waals surface area contributed by atoms with Crippen molar-refractivity contribution in [2.24, 2.45) is 0 Å². The Bertz CT molecular complexity index is 1360. The zero-order chi connectivity index (χ0) is 24.6. The Morgan fingerprint density at radius 1 is 0.971 bits per heavy atom. The van der Waals surface area contributed by atoms with Crippen molar-refractivity contribution in [3.8, 4) is 0 Å². The molecule has 2 heterocycles. The highest BCUT2D eigenvalue weighted by molar-refractivity contribution is 6.31. The first-order chi connectivity index (χ1) is 16.1. The quantitative estimate of drug-likeness (QED) is 0.296. The maximum absolute atomic E-state index is 13.9. The maximum atomic E-state index is 13.9. The topological polar surface area (TPSA) is 64.7 Å². The van der Waals surface area contributed by atoms with Crippen molar-refractivity contribution in [2.75, 3.05) is 5.32 Å². The smallest absolute Gasteiger partial charge is 0.256 e. The Morgan fingerprint density at radius 2 is 1.62 bits per heavy atom. The van der Waals surface area contributed by atoms with Crippen LogP contribution in [0.15, 0.2) is 42.6 Å². The van der Waals surface area contributed by atoms with Gasteiger partial charge in [0.25, 0.3) is 5.91 Å². The van der Waals surface area contributed by atoms with Crippen LogP contribution in [0.2, 0.25) is 5.02 Å². The number of rotatable bonds is 6. The molecular weight excluding hydrogens is 474 g/mol. The second-order valence-corrected chi connectivity index (χ2v) is 8.02. The number of aryl methyl sites for hydroxylation is 1. The average molecular weight is 492 g/mol. The van der Waals surface area contributed by atoms with Crippen molar-refractivity contribution in [3.05, 3.63) is 99.0 Å². The van der Waals surface area contributed by atoms with Crippen LogP contribution in [0.25, 0.3) is 0 Å². The Hall–Kier alpha value is -3.66. The summed E-state index contributed by atoms with van der Waals surface area (Å²) in [6, 6.07) is 8.36. The number of aromatic nitrogens is 4. The molecule has 4 aromatic rings. The van der Waals surface area contributed by atoms with Gasteiger partial charge >= 0.3 is 0 Å². The van der Waals surface area contributed by atoms with Gasteiger partial charge in [0.2, 0.25) is 0 Å². The van der Waals surface area contributed by atoms with Gasteiger partial charge in [0.15, 0.2) is 29.1 Å². The average Bonchev–Trinajstić information content (AvgIpc) is 3.35. The first-order valence-corrected chi connectivity index (χ1v) is 10.5. The number of carbonyl (C=O) groups is 1. The lowest BCUT2D eigenvalue weighted by Gasteiger charge is -2.08. The second-order valence-electron chi connectivity index (χ2n) is 7.64. The van der Waals surface area contributed by atoms with Crippen molar-refractivity contribution in [2.45, 2.75) is 26.9 Å². The number of nitrogens with zero attached hydrogens (tertiary/aromatic N) is 4. The minimum atomic E-state index is -1.50. The van der Waals surface area contributed by atoms with E-state index in [1.54, 1.807) is 28.9 Å². The van der Waals surface area contributed by atoms with E-state index in [9.17, 15) is 22.4 Å². The van der Waals surface area contributed by atoms with Crippen molar-refractivity contribution < 1.29 is 22.4 Å². The minimum absolute atomic E-state index is 0.101. The molecule has 0 bridgehead atoms.